The van der Waals surface area contributed by atoms with Gasteiger partial charge in [0.25, 0.3) is 5.91 Å². The number of carbonyl (C=O) groups excluding carboxylic acids is 1. The van der Waals surface area contributed by atoms with Crippen LogP contribution < -0.4 is 5.32 Å². The van der Waals surface area contributed by atoms with Crippen LogP contribution in [0.4, 0.5) is 0 Å². The number of hydrogen-bond donors (Lipinski definition) is 1. The molecular formula is C23H37N3O2. The van der Waals surface area contributed by atoms with E-state index in [2.05, 4.69) is 29.0 Å². The summed E-state index contributed by atoms with van der Waals surface area (Å²) in [4.78, 5) is 17.8. The first-order valence-corrected chi connectivity index (χ1v) is 11.0. The van der Waals surface area contributed by atoms with Gasteiger partial charge in [0.1, 0.15) is 0 Å². The van der Waals surface area contributed by atoms with Crippen LogP contribution in [0.5, 0.6) is 0 Å². The van der Waals surface area contributed by atoms with Crippen molar-refractivity contribution in [2.45, 2.75) is 64.6 Å². The van der Waals surface area contributed by atoms with E-state index in [9.17, 15) is 4.79 Å². The smallest absolute Gasteiger partial charge is 0.251 e. The molecule has 2 aliphatic heterocycles. The van der Waals surface area contributed by atoms with Gasteiger partial charge >= 0.3 is 0 Å². The minimum atomic E-state index is 0.0326. The number of aryl methyl sites for hydroxylation is 1. The quantitative estimate of drug-likeness (QED) is 0.781. The van der Waals surface area contributed by atoms with Gasteiger partial charge in [-0.05, 0) is 71.7 Å². The summed E-state index contributed by atoms with van der Waals surface area (Å²) in [6.07, 6.45) is 4.66. The average Bonchev–Trinajstić information content (AvgIpc) is 2.72. The number of amides is 1. The third-order valence-electron chi connectivity index (χ3n) is 6.29. The van der Waals surface area contributed by atoms with Gasteiger partial charge in [-0.1, -0.05) is 17.7 Å². The summed E-state index contributed by atoms with van der Waals surface area (Å²) < 4.78 is 5.59. The van der Waals surface area contributed by atoms with Gasteiger partial charge in [0.15, 0.2) is 0 Å². The number of nitrogens with zero attached hydrogens (tertiary/aromatic N) is 2. The van der Waals surface area contributed by atoms with E-state index in [4.69, 9.17) is 4.74 Å². The molecule has 2 fully saturated rings. The highest BCUT2D eigenvalue weighted by Gasteiger charge is 2.31. The van der Waals surface area contributed by atoms with Crippen molar-refractivity contribution in [2.75, 3.05) is 39.4 Å². The van der Waals surface area contributed by atoms with Gasteiger partial charge in [0, 0.05) is 50.0 Å². The summed E-state index contributed by atoms with van der Waals surface area (Å²) in [5.41, 5.74) is 1.87. The van der Waals surface area contributed by atoms with Gasteiger partial charge in [-0.3, -0.25) is 9.69 Å². The SMILES string of the molecule is Cc1cccc(C(=O)NCCN(C2CCOCC2)C2CCN(C(C)C)CC2)c1. The van der Waals surface area contributed by atoms with Gasteiger partial charge in [-0.25, -0.2) is 0 Å². The zero-order valence-electron chi connectivity index (χ0n) is 17.8. The molecule has 0 spiro atoms. The molecular weight excluding hydrogens is 350 g/mol. The second-order valence-electron chi connectivity index (χ2n) is 8.57. The summed E-state index contributed by atoms with van der Waals surface area (Å²) >= 11 is 0. The van der Waals surface area contributed by atoms with Gasteiger partial charge in [0.2, 0.25) is 0 Å². The monoisotopic (exact) mass is 387 g/mol. The molecule has 1 aromatic rings. The molecule has 1 N–H and O–H groups in total. The van der Waals surface area contributed by atoms with Crippen LogP contribution in [0.3, 0.4) is 0 Å². The van der Waals surface area contributed by atoms with Crippen molar-refractivity contribution in [2.24, 2.45) is 0 Å². The number of ether oxygens (including phenoxy) is 1. The first-order valence-electron chi connectivity index (χ1n) is 11.0. The van der Waals surface area contributed by atoms with E-state index in [1.807, 2.05) is 31.2 Å². The first-order chi connectivity index (χ1) is 13.5. The summed E-state index contributed by atoms with van der Waals surface area (Å²) in [5, 5.41) is 3.14. The van der Waals surface area contributed by atoms with Crippen LogP contribution in [0.25, 0.3) is 0 Å². The number of rotatable bonds is 7. The molecule has 2 saturated heterocycles. The second kappa shape index (κ2) is 10.4. The topological polar surface area (TPSA) is 44.8 Å². The predicted molar refractivity (Wildman–Crippen MR) is 114 cm³/mol. The first kappa shape index (κ1) is 21.3. The minimum Gasteiger partial charge on any atom is -0.381 e. The largest absolute Gasteiger partial charge is 0.381 e. The lowest BCUT2D eigenvalue weighted by Crippen LogP contribution is -2.53. The lowest BCUT2D eigenvalue weighted by atomic mass is 9.97. The standard InChI is InChI=1S/C23H37N3O2/c1-18(2)25-12-7-21(8-13-25)26(22-9-15-28-16-10-22)14-11-24-23(27)20-6-4-5-19(3)17-20/h4-6,17-18,21-22H,7-16H2,1-3H3,(H,24,27). The highest BCUT2D eigenvalue weighted by Crippen LogP contribution is 2.24. The maximum Gasteiger partial charge on any atom is 0.251 e. The van der Waals surface area contributed by atoms with E-state index in [0.717, 1.165) is 43.7 Å². The van der Waals surface area contributed by atoms with Crippen molar-refractivity contribution in [3.05, 3.63) is 35.4 Å². The van der Waals surface area contributed by atoms with E-state index in [1.165, 1.54) is 25.9 Å². The van der Waals surface area contributed by atoms with Crippen LogP contribution in [0.1, 0.15) is 55.5 Å². The molecule has 1 amide bonds. The minimum absolute atomic E-state index is 0.0326. The third kappa shape index (κ3) is 5.79. The van der Waals surface area contributed by atoms with E-state index in [-0.39, 0.29) is 5.91 Å². The molecule has 0 aliphatic carbocycles. The molecule has 0 unspecified atom stereocenters. The highest BCUT2D eigenvalue weighted by atomic mass is 16.5. The van der Waals surface area contributed by atoms with Crippen molar-refractivity contribution < 1.29 is 9.53 Å². The zero-order valence-corrected chi connectivity index (χ0v) is 17.8. The number of nitrogens with one attached hydrogen (secondary N) is 1. The van der Waals surface area contributed by atoms with Crippen LogP contribution in [0.2, 0.25) is 0 Å². The fourth-order valence-corrected chi connectivity index (χ4v) is 4.60. The molecule has 0 atom stereocenters. The maximum atomic E-state index is 12.5. The van der Waals surface area contributed by atoms with Crippen LogP contribution >= 0.6 is 0 Å². The van der Waals surface area contributed by atoms with E-state index < -0.39 is 0 Å². The molecule has 0 bridgehead atoms. The van der Waals surface area contributed by atoms with E-state index in [1.54, 1.807) is 0 Å². The average molecular weight is 388 g/mol. The maximum absolute atomic E-state index is 12.5. The van der Waals surface area contributed by atoms with Crippen LogP contribution in [-0.2, 0) is 4.74 Å². The van der Waals surface area contributed by atoms with Crippen molar-refractivity contribution >= 4 is 5.91 Å². The number of carbonyl (C=O) groups is 1. The molecule has 2 aliphatic rings. The molecule has 0 radical (unpaired) electrons. The fraction of sp³-hybridized carbons (Fsp3) is 0.696. The molecule has 1 aromatic carbocycles. The lowest BCUT2D eigenvalue weighted by molar-refractivity contribution is 0.0000241. The Morgan fingerprint density at radius 1 is 1.18 bits per heavy atom. The van der Waals surface area contributed by atoms with Gasteiger partial charge in [0.05, 0.1) is 0 Å². The number of benzene rings is 1. The Morgan fingerprint density at radius 3 is 2.50 bits per heavy atom. The van der Waals surface area contributed by atoms with Crippen molar-refractivity contribution in [3.8, 4) is 0 Å². The Morgan fingerprint density at radius 2 is 1.86 bits per heavy atom. The molecule has 5 heteroatoms. The van der Waals surface area contributed by atoms with E-state index >= 15 is 0 Å². The van der Waals surface area contributed by atoms with E-state index in [0.29, 0.717) is 24.7 Å². The van der Waals surface area contributed by atoms with Gasteiger partial charge in [-0.2, -0.15) is 0 Å². The highest BCUT2D eigenvalue weighted by molar-refractivity contribution is 5.94. The Balaban J connectivity index is 1.56. The molecule has 2 heterocycles. The Kier molecular flexibility index (Phi) is 7.89. The Labute approximate surface area is 170 Å². The normalized spacial score (nSPS) is 20.0. The lowest BCUT2D eigenvalue weighted by Gasteiger charge is -2.44. The molecule has 3 rings (SSSR count). The summed E-state index contributed by atoms with van der Waals surface area (Å²) in [7, 11) is 0. The summed E-state index contributed by atoms with van der Waals surface area (Å²) in [5.74, 6) is 0.0326. The molecule has 0 aromatic heterocycles. The molecule has 0 saturated carbocycles. The fourth-order valence-electron chi connectivity index (χ4n) is 4.60. The second-order valence-corrected chi connectivity index (χ2v) is 8.57. The molecule has 5 nitrogen and oxygen atoms in total. The molecule has 28 heavy (non-hydrogen) atoms. The Hall–Kier alpha value is -1.43. The van der Waals surface area contributed by atoms with Crippen LogP contribution in [-0.4, -0.2) is 73.2 Å². The summed E-state index contributed by atoms with van der Waals surface area (Å²) in [6.45, 7) is 12.3. The van der Waals surface area contributed by atoms with Crippen molar-refractivity contribution in [3.63, 3.8) is 0 Å². The van der Waals surface area contributed by atoms with Crippen LogP contribution in [0.15, 0.2) is 24.3 Å². The summed E-state index contributed by atoms with van der Waals surface area (Å²) in [6, 6.07) is 9.64. The number of piperidine rings is 1. The van der Waals surface area contributed by atoms with Gasteiger partial charge in [-0.15, -0.1) is 0 Å². The number of hydrogen-bond acceptors (Lipinski definition) is 4. The van der Waals surface area contributed by atoms with Gasteiger partial charge < -0.3 is 15.0 Å². The third-order valence-corrected chi connectivity index (χ3v) is 6.29. The van der Waals surface area contributed by atoms with Crippen LogP contribution in [0, 0.1) is 6.92 Å². The Bertz CT molecular complexity index is 620. The zero-order chi connectivity index (χ0) is 19.9. The number of likely N-dealkylation sites (tertiary alicyclic amines) is 1. The molecule has 156 valence electrons. The van der Waals surface area contributed by atoms with Crippen molar-refractivity contribution in [1.29, 1.82) is 0 Å². The van der Waals surface area contributed by atoms with Crippen molar-refractivity contribution in [1.82, 2.24) is 15.1 Å². The predicted octanol–water partition coefficient (Wildman–Crippen LogP) is 3.08.